The Labute approximate surface area is 97.5 Å². The van der Waals surface area contributed by atoms with Crippen molar-refractivity contribution in [3.8, 4) is 0 Å². The molecule has 0 aliphatic carbocycles. The van der Waals surface area contributed by atoms with Crippen molar-refractivity contribution in [1.29, 1.82) is 0 Å². The highest BCUT2D eigenvalue weighted by Crippen LogP contribution is 2.34. The maximum atomic E-state index is 6.19. The van der Waals surface area contributed by atoms with Gasteiger partial charge < -0.3 is 14.8 Å². The molecule has 1 N–H and O–H groups in total. The molecule has 0 atom stereocenters. The largest absolute Gasteiger partial charge is 0.486 e. The van der Waals surface area contributed by atoms with Crippen molar-refractivity contribution in [2.24, 2.45) is 0 Å². The van der Waals surface area contributed by atoms with E-state index in [-0.39, 0.29) is 5.60 Å². The summed E-state index contributed by atoms with van der Waals surface area (Å²) in [7, 11) is 0. The Balaban J connectivity index is 2.14. The smallest absolute Gasteiger partial charge is 0.156 e. The van der Waals surface area contributed by atoms with E-state index >= 15 is 0 Å². The van der Waals surface area contributed by atoms with Gasteiger partial charge in [0.05, 0.1) is 0 Å². The third kappa shape index (κ3) is 2.24. The molecule has 0 aromatic rings. The zero-order chi connectivity index (χ0) is 11.4. The van der Waals surface area contributed by atoms with Crippen molar-refractivity contribution in [2.45, 2.75) is 38.7 Å². The molecule has 3 nitrogen and oxygen atoms in total. The average molecular weight is 223 g/mol. The lowest BCUT2D eigenvalue weighted by atomic mass is 9.92. The number of nitrogens with one attached hydrogen (secondary N) is 1. The Morgan fingerprint density at radius 3 is 2.75 bits per heavy atom. The second-order valence-electron chi connectivity index (χ2n) is 4.46. The molecule has 0 amide bonds. The molecule has 2 heterocycles. The van der Waals surface area contributed by atoms with Gasteiger partial charge in [-0.1, -0.05) is 13.0 Å². The number of piperidine rings is 1. The molecule has 90 valence electrons. The highest BCUT2D eigenvalue weighted by Gasteiger charge is 2.39. The van der Waals surface area contributed by atoms with E-state index in [1.165, 1.54) is 0 Å². The first-order chi connectivity index (χ1) is 7.79. The summed E-state index contributed by atoms with van der Waals surface area (Å²) in [6.45, 7) is 6.86. The van der Waals surface area contributed by atoms with Crippen molar-refractivity contribution in [2.75, 3.05) is 19.7 Å². The van der Waals surface area contributed by atoms with Gasteiger partial charge in [0.25, 0.3) is 0 Å². The first-order valence-electron chi connectivity index (χ1n) is 6.18. The molecule has 0 radical (unpaired) electrons. The molecule has 2 rings (SSSR count). The van der Waals surface area contributed by atoms with Crippen LogP contribution >= 0.6 is 0 Å². The summed E-state index contributed by atoms with van der Waals surface area (Å²) in [4.78, 5) is 0. The number of allylic oxidation sites excluding steroid dienone is 3. The second-order valence-corrected chi connectivity index (χ2v) is 4.46. The van der Waals surface area contributed by atoms with Crippen LogP contribution in [0.15, 0.2) is 23.7 Å². The van der Waals surface area contributed by atoms with Crippen molar-refractivity contribution < 1.29 is 9.47 Å². The van der Waals surface area contributed by atoms with Crippen LogP contribution in [0, 0.1) is 0 Å². The molecule has 2 aliphatic heterocycles. The molecule has 0 aromatic carbocycles. The van der Waals surface area contributed by atoms with Crippen LogP contribution in [0.4, 0.5) is 0 Å². The summed E-state index contributed by atoms with van der Waals surface area (Å²) >= 11 is 0. The Morgan fingerprint density at radius 2 is 2.12 bits per heavy atom. The minimum Gasteiger partial charge on any atom is -0.486 e. The predicted molar refractivity (Wildman–Crippen MR) is 64.0 cm³/mol. The van der Waals surface area contributed by atoms with E-state index in [1.54, 1.807) is 0 Å². The summed E-state index contributed by atoms with van der Waals surface area (Å²) in [5.41, 5.74) is -0.0678. The van der Waals surface area contributed by atoms with E-state index in [0.717, 1.165) is 43.9 Å². The van der Waals surface area contributed by atoms with Gasteiger partial charge in [-0.15, -0.1) is 0 Å². The van der Waals surface area contributed by atoms with E-state index in [0.29, 0.717) is 6.61 Å². The Kier molecular flexibility index (Phi) is 3.54. The Bertz CT molecular complexity index is 301. The van der Waals surface area contributed by atoms with Gasteiger partial charge in [-0.2, -0.15) is 0 Å². The van der Waals surface area contributed by atoms with Gasteiger partial charge in [-0.25, -0.2) is 0 Å². The van der Waals surface area contributed by atoms with E-state index in [2.05, 4.69) is 12.2 Å². The third-order valence-corrected chi connectivity index (χ3v) is 3.26. The highest BCUT2D eigenvalue weighted by molar-refractivity contribution is 5.19. The van der Waals surface area contributed by atoms with Gasteiger partial charge in [0, 0.05) is 19.3 Å². The van der Waals surface area contributed by atoms with Crippen molar-refractivity contribution in [3.05, 3.63) is 23.7 Å². The molecule has 0 unspecified atom stereocenters. The van der Waals surface area contributed by atoms with Crippen molar-refractivity contribution >= 4 is 0 Å². The fourth-order valence-electron chi connectivity index (χ4n) is 2.30. The predicted octanol–water partition coefficient (Wildman–Crippen LogP) is 2.35. The maximum absolute atomic E-state index is 6.19. The van der Waals surface area contributed by atoms with Crippen molar-refractivity contribution in [3.63, 3.8) is 0 Å². The lowest BCUT2D eigenvalue weighted by molar-refractivity contribution is -0.101. The molecule has 0 saturated carbocycles. The van der Waals surface area contributed by atoms with Crippen LogP contribution in [0.1, 0.15) is 33.1 Å². The number of hydrogen-bond acceptors (Lipinski definition) is 3. The molecule has 0 bridgehead atoms. The molecular weight excluding hydrogens is 202 g/mol. The molecule has 1 spiro atoms. The number of hydrogen-bond donors (Lipinski definition) is 1. The van der Waals surface area contributed by atoms with E-state index < -0.39 is 0 Å². The summed E-state index contributed by atoms with van der Waals surface area (Å²) in [5, 5.41) is 3.36. The van der Waals surface area contributed by atoms with Crippen molar-refractivity contribution in [1.82, 2.24) is 5.32 Å². The first kappa shape index (κ1) is 11.5. The molecule has 2 aliphatic rings. The average Bonchev–Trinajstić information content (AvgIpc) is 2.33. The van der Waals surface area contributed by atoms with Crippen LogP contribution < -0.4 is 5.32 Å². The van der Waals surface area contributed by atoms with Gasteiger partial charge >= 0.3 is 0 Å². The minimum absolute atomic E-state index is 0.0678. The fraction of sp³-hybridized carbons (Fsp3) is 0.692. The molecule has 16 heavy (non-hydrogen) atoms. The van der Waals surface area contributed by atoms with E-state index in [1.807, 2.05) is 19.1 Å². The third-order valence-electron chi connectivity index (χ3n) is 3.26. The van der Waals surface area contributed by atoms with Crippen LogP contribution in [0.3, 0.4) is 0 Å². The molecule has 1 fully saturated rings. The SMILES string of the molecule is C/C=C\C1=C(CC)OC2(CCNCC2)CO1. The van der Waals surface area contributed by atoms with Gasteiger partial charge in [0.2, 0.25) is 0 Å². The lowest BCUT2D eigenvalue weighted by Gasteiger charge is -2.41. The standard InChI is InChI=1S/C13H21NO2/c1-3-5-12-11(4-2)16-13(10-15-12)6-8-14-9-7-13/h3,5,14H,4,6-10H2,1-2H3/b5-3-. The van der Waals surface area contributed by atoms with Gasteiger partial charge in [-0.05, 0) is 26.1 Å². The highest BCUT2D eigenvalue weighted by atomic mass is 16.6. The van der Waals surface area contributed by atoms with E-state index in [4.69, 9.17) is 9.47 Å². The lowest BCUT2D eigenvalue weighted by Crippen LogP contribution is -2.48. The molecule has 1 saturated heterocycles. The number of rotatable bonds is 2. The summed E-state index contributed by atoms with van der Waals surface area (Å²) < 4.78 is 12.0. The molecular formula is C13H21NO2. The van der Waals surface area contributed by atoms with E-state index in [9.17, 15) is 0 Å². The Morgan fingerprint density at radius 1 is 1.38 bits per heavy atom. The summed E-state index contributed by atoms with van der Waals surface area (Å²) in [6.07, 6.45) is 6.97. The van der Waals surface area contributed by atoms with Crippen LogP contribution in [-0.2, 0) is 9.47 Å². The molecule has 3 heteroatoms. The topological polar surface area (TPSA) is 30.5 Å². The quantitative estimate of drug-likeness (QED) is 0.779. The van der Waals surface area contributed by atoms with Gasteiger partial charge in [0.15, 0.2) is 5.76 Å². The van der Waals surface area contributed by atoms with Gasteiger partial charge in [0.1, 0.15) is 18.0 Å². The summed E-state index contributed by atoms with van der Waals surface area (Å²) in [6, 6.07) is 0. The zero-order valence-corrected chi connectivity index (χ0v) is 10.2. The van der Waals surface area contributed by atoms with Crippen LogP contribution in [0.2, 0.25) is 0 Å². The second kappa shape index (κ2) is 4.91. The normalized spacial score (nSPS) is 24.6. The fourth-order valence-corrected chi connectivity index (χ4v) is 2.30. The minimum atomic E-state index is -0.0678. The van der Waals surface area contributed by atoms with Crippen LogP contribution in [-0.4, -0.2) is 25.3 Å². The monoisotopic (exact) mass is 223 g/mol. The summed E-state index contributed by atoms with van der Waals surface area (Å²) in [5.74, 6) is 1.92. The van der Waals surface area contributed by atoms with Gasteiger partial charge in [-0.3, -0.25) is 0 Å². The first-order valence-corrected chi connectivity index (χ1v) is 6.18. The maximum Gasteiger partial charge on any atom is 0.156 e. The Hall–Kier alpha value is -0.960. The van der Waals surface area contributed by atoms with Crippen LogP contribution in [0.5, 0.6) is 0 Å². The number of ether oxygens (including phenoxy) is 2. The van der Waals surface area contributed by atoms with Crippen LogP contribution in [0.25, 0.3) is 0 Å². The zero-order valence-electron chi connectivity index (χ0n) is 10.2. The molecule has 0 aromatic heterocycles.